The van der Waals surface area contributed by atoms with Crippen LogP contribution in [-0.4, -0.2) is 92.9 Å². The Hall–Kier alpha value is 0.0200. The van der Waals surface area contributed by atoms with Gasteiger partial charge in [0.15, 0.2) is 5.25 Å². The van der Waals surface area contributed by atoms with E-state index in [9.17, 15) is 33.4 Å². The van der Waals surface area contributed by atoms with Crippen molar-refractivity contribution >= 4 is 21.3 Å². The van der Waals surface area contributed by atoms with Crippen molar-refractivity contribution in [3.8, 4) is 0 Å². The van der Waals surface area contributed by atoms with E-state index >= 15 is 0 Å². The predicted octanol–water partition coefficient (Wildman–Crippen LogP) is -3.46. The molecule has 1 rings (SSSR count). The van der Waals surface area contributed by atoms with Crippen molar-refractivity contribution < 1.29 is 42.7 Å². The molecule has 0 spiro atoms. The number of rotatable bonds is 8. The summed E-state index contributed by atoms with van der Waals surface area (Å²) in [4.78, 5) is 0. The van der Waals surface area contributed by atoms with Gasteiger partial charge in [-0.2, -0.15) is 0 Å². The Morgan fingerprint density at radius 3 is 2.41 bits per heavy atom. The highest BCUT2D eigenvalue weighted by Crippen LogP contribution is 2.28. The van der Waals surface area contributed by atoms with Crippen LogP contribution >= 0.6 is 0 Å². The van der Waals surface area contributed by atoms with Gasteiger partial charge in [0.1, 0.15) is 35.9 Å². The minimum Gasteiger partial charge on any atom is -0.726 e. The second-order valence-electron chi connectivity index (χ2n) is 5.35. The highest BCUT2D eigenvalue weighted by Gasteiger charge is 2.50. The zero-order chi connectivity index (χ0) is 17.1. The molecule has 1 unspecified atom stereocenters. The molecule has 0 amide bonds. The van der Waals surface area contributed by atoms with Crippen molar-refractivity contribution in [2.24, 2.45) is 5.92 Å². The van der Waals surface area contributed by atoms with Gasteiger partial charge < -0.3 is 30.1 Å². The van der Waals surface area contributed by atoms with Crippen LogP contribution in [0.2, 0.25) is 0 Å². The van der Waals surface area contributed by atoms with Gasteiger partial charge in [-0.15, -0.1) is 0 Å². The average molecular weight is 362 g/mol. The second-order valence-corrected chi connectivity index (χ2v) is 8.70. The van der Waals surface area contributed by atoms with Crippen molar-refractivity contribution in [2.45, 2.75) is 36.6 Å². The maximum atomic E-state index is 10.7. The van der Waals surface area contributed by atoms with Crippen LogP contribution in [0, 0.1) is 5.92 Å². The van der Waals surface area contributed by atoms with Crippen molar-refractivity contribution in [1.82, 2.24) is 0 Å². The van der Waals surface area contributed by atoms with Gasteiger partial charge in [0, 0.05) is 5.92 Å². The van der Waals surface area contributed by atoms with Crippen molar-refractivity contribution in [3.63, 3.8) is 0 Å². The maximum Gasteiger partial charge on any atom is 0.218 e. The third-order valence-corrected chi connectivity index (χ3v) is 7.07. The molecule has 1 aliphatic heterocycles. The molecule has 22 heavy (non-hydrogen) atoms. The molecule has 1 heterocycles. The summed E-state index contributed by atoms with van der Waals surface area (Å²) < 4.78 is 36.5. The Bertz CT molecular complexity index is 443. The zero-order valence-electron chi connectivity index (χ0n) is 12.0. The standard InChI is InChI=1S/C11H22O9S2/c1-6(11(7(14)2-12)20-22(17,18)19)4-21-5-8(15)10(16)9(21)3-13/h6-16H,2-5H2,1H3/t6-,7-,8-,9-,10+,11-,21?/m1/s1. The van der Waals surface area contributed by atoms with Crippen LogP contribution in [0.1, 0.15) is 6.92 Å². The van der Waals surface area contributed by atoms with Gasteiger partial charge in [-0.3, -0.25) is 4.18 Å². The molecule has 0 saturated carbocycles. The lowest BCUT2D eigenvalue weighted by Crippen LogP contribution is -2.43. The van der Waals surface area contributed by atoms with E-state index in [2.05, 4.69) is 4.18 Å². The smallest absolute Gasteiger partial charge is 0.218 e. The predicted molar refractivity (Wildman–Crippen MR) is 76.8 cm³/mol. The van der Waals surface area contributed by atoms with E-state index in [1.54, 1.807) is 0 Å². The molecule has 1 fully saturated rings. The Kier molecular flexibility index (Phi) is 7.49. The molecule has 132 valence electrons. The minimum atomic E-state index is -5.06. The molecule has 5 N–H and O–H groups in total. The summed E-state index contributed by atoms with van der Waals surface area (Å²) in [5, 5.41) is 46.7. The topological polar surface area (TPSA) is 168 Å². The van der Waals surface area contributed by atoms with Gasteiger partial charge in [-0.1, -0.05) is 6.92 Å². The number of aliphatic hydroxyl groups is 5. The average Bonchev–Trinajstić information content (AvgIpc) is 2.68. The normalized spacial score (nSPS) is 33.6. The lowest BCUT2D eigenvalue weighted by atomic mass is 10.0. The van der Waals surface area contributed by atoms with Gasteiger partial charge in [-0.05, 0) is 10.9 Å². The first kappa shape index (κ1) is 20.1. The van der Waals surface area contributed by atoms with Crippen molar-refractivity contribution in [2.75, 3.05) is 24.7 Å². The first-order valence-corrected chi connectivity index (χ1v) is 9.63. The zero-order valence-corrected chi connectivity index (χ0v) is 13.6. The van der Waals surface area contributed by atoms with E-state index in [1.807, 2.05) is 0 Å². The lowest BCUT2D eigenvalue weighted by molar-refractivity contribution is -0.0230. The molecule has 0 bridgehead atoms. The lowest BCUT2D eigenvalue weighted by Gasteiger charge is -2.28. The largest absolute Gasteiger partial charge is 0.726 e. The summed E-state index contributed by atoms with van der Waals surface area (Å²) in [5.41, 5.74) is 0. The van der Waals surface area contributed by atoms with Crippen LogP contribution in [0.25, 0.3) is 0 Å². The summed E-state index contributed by atoms with van der Waals surface area (Å²) in [6.07, 6.45) is -5.06. The summed E-state index contributed by atoms with van der Waals surface area (Å²) >= 11 is 0. The number of aliphatic hydroxyl groups excluding tert-OH is 5. The monoisotopic (exact) mass is 362 g/mol. The molecular weight excluding hydrogens is 340 g/mol. The van der Waals surface area contributed by atoms with Crippen LogP contribution in [-0.2, 0) is 25.5 Å². The minimum absolute atomic E-state index is 0.219. The molecule has 1 saturated heterocycles. The summed E-state index contributed by atoms with van der Waals surface area (Å²) in [6, 6.07) is 0. The molecule has 1 aliphatic rings. The summed E-state index contributed by atoms with van der Waals surface area (Å²) in [5.74, 6) is -0.208. The fourth-order valence-corrected chi connectivity index (χ4v) is 6.01. The summed E-state index contributed by atoms with van der Waals surface area (Å²) in [7, 11) is -5.71. The Balaban J connectivity index is 2.80. The molecular formula is C11H22O9S2. The molecule has 0 radical (unpaired) electrons. The van der Waals surface area contributed by atoms with Gasteiger partial charge in [0.05, 0.1) is 13.2 Å². The highest BCUT2D eigenvalue weighted by molar-refractivity contribution is 7.97. The van der Waals surface area contributed by atoms with E-state index in [0.29, 0.717) is 0 Å². The van der Waals surface area contributed by atoms with Crippen molar-refractivity contribution in [1.29, 1.82) is 0 Å². The molecule has 0 aromatic heterocycles. The van der Waals surface area contributed by atoms with Crippen LogP contribution in [0.15, 0.2) is 0 Å². The maximum absolute atomic E-state index is 10.7. The fraction of sp³-hybridized carbons (Fsp3) is 1.00. The second kappa shape index (κ2) is 8.22. The molecule has 0 aromatic carbocycles. The van der Waals surface area contributed by atoms with E-state index in [-0.39, 0.29) is 18.1 Å². The molecule has 0 aliphatic carbocycles. The van der Waals surface area contributed by atoms with Gasteiger partial charge >= 0.3 is 0 Å². The van der Waals surface area contributed by atoms with Gasteiger partial charge in [0.25, 0.3) is 0 Å². The molecule has 11 heteroatoms. The van der Waals surface area contributed by atoms with E-state index in [4.69, 9.17) is 5.11 Å². The van der Waals surface area contributed by atoms with Crippen LogP contribution in [0.5, 0.6) is 0 Å². The SMILES string of the molecule is C[C@H](C[S+]1C[C@@H](O)[C@H](O)[C@H]1CO)[C@@H](OS(=O)(=O)[O-])[C@H](O)CO. The van der Waals surface area contributed by atoms with E-state index in [0.717, 1.165) is 0 Å². The fourth-order valence-electron chi connectivity index (χ4n) is 2.50. The highest BCUT2D eigenvalue weighted by atomic mass is 32.3. The van der Waals surface area contributed by atoms with Crippen LogP contribution in [0.3, 0.4) is 0 Å². The number of hydrogen-bond donors (Lipinski definition) is 5. The quantitative estimate of drug-likeness (QED) is 0.167. The molecule has 0 aromatic rings. The summed E-state index contributed by atoms with van der Waals surface area (Å²) in [6.45, 7) is 0.391. The third kappa shape index (κ3) is 5.28. The van der Waals surface area contributed by atoms with Crippen LogP contribution < -0.4 is 0 Å². The van der Waals surface area contributed by atoms with E-state index < -0.39 is 63.5 Å². The van der Waals surface area contributed by atoms with Gasteiger partial charge in [0.2, 0.25) is 10.4 Å². The van der Waals surface area contributed by atoms with Gasteiger partial charge in [-0.25, -0.2) is 8.42 Å². The molecule has 7 atom stereocenters. The molecule has 9 nitrogen and oxygen atoms in total. The van der Waals surface area contributed by atoms with E-state index in [1.165, 1.54) is 6.92 Å². The Morgan fingerprint density at radius 2 is 1.95 bits per heavy atom. The number of hydrogen-bond acceptors (Lipinski definition) is 9. The first-order chi connectivity index (χ1) is 10.1. The first-order valence-electron chi connectivity index (χ1n) is 6.67. The third-order valence-electron chi connectivity index (χ3n) is 3.60. The Morgan fingerprint density at radius 1 is 1.36 bits per heavy atom. The van der Waals surface area contributed by atoms with Crippen molar-refractivity contribution in [3.05, 3.63) is 0 Å². The van der Waals surface area contributed by atoms with Crippen LogP contribution in [0.4, 0.5) is 0 Å². The Labute approximate surface area is 131 Å².